The van der Waals surface area contributed by atoms with Crippen LogP contribution >= 0.6 is 11.3 Å². The highest BCUT2D eigenvalue weighted by atomic mass is 32.1. The molecule has 148 valence electrons. The van der Waals surface area contributed by atoms with Crippen LogP contribution in [0.2, 0.25) is 0 Å². The number of thiophene rings is 1. The van der Waals surface area contributed by atoms with Gasteiger partial charge in [0.05, 0.1) is 18.4 Å². The van der Waals surface area contributed by atoms with Gasteiger partial charge in [-0.3, -0.25) is 14.5 Å². The van der Waals surface area contributed by atoms with Gasteiger partial charge in [-0.2, -0.15) is 0 Å². The number of rotatable bonds is 9. The van der Waals surface area contributed by atoms with Gasteiger partial charge in [0.25, 0.3) is 11.8 Å². The van der Waals surface area contributed by atoms with Crippen LogP contribution < -0.4 is 10.1 Å². The zero-order valence-electron chi connectivity index (χ0n) is 16.3. The number of carbonyl (C=O) groups excluding carboxylic acids is 2. The molecule has 1 aliphatic rings. The van der Waals surface area contributed by atoms with Crippen LogP contribution in [-0.4, -0.2) is 43.6 Å². The minimum atomic E-state index is -0.326. The average Bonchev–Trinajstić information content (AvgIpc) is 3.28. The van der Waals surface area contributed by atoms with Gasteiger partial charge in [-0.25, -0.2) is 0 Å². The lowest BCUT2D eigenvalue weighted by Gasteiger charge is -2.16. The lowest BCUT2D eigenvalue weighted by Crippen LogP contribution is -2.34. The van der Waals surface area contributed by atoms with Gasteiger partial charge < -0.3 is 14.8 Å². The first-order valence-electron chi connectivity index (χ1n) is 9.20. The molecule has 6 nitrogen and oxygen atoms in total. The molecule has 7 heteroatoms. The predicted octanol–water partition coefficient (Wildman–Crippen LogP) is 3.68. The number of ether oxygens (including phenoxy) is 2. The highest BCUT2D eigenvalue weighted by molar-refractivity contribution is 7.11. The third kappa shape index (κ3) is 4.10. The number of hydrogen-bond acceptors (Lipinski definition) is 6. The van der Waals surface area contributed by atoms with E-state index < -0.39 is 0 Å². The number of aryl methyl sites for hydroxylation is 1. The van der Waals surface area contributed by atoms with Gasteiger partial charge in [-0.15, -0.1) is 11.3 Å². The van der Waals surface area contributed by atoms with Crippen molar-refractivity contribution in [1.82, 2.24) is 4.90 Å². The normalized spacial score (nSPS) is 14.2. The molecule has 1 aliphatic heterocycles. The van der Waals surface area contributed by atoms with Crippen LogP contribution in [0.4, 0.5) is 5.69 Å². The molecule has 0 atom stereocenters. The smallest absolute Gasteiger partial charge is 0.278 e. The standard InChI is InChI=1S/C21H24N2O4S/c1-4-27-11-6-10-23-20(24)18(17-7-5-12-28-17)19(21(23)25)22-15-13-14(2)8-9-16(15)26-3/h5,7-9,12-13,22H,4,6,10-11H2,1-3H3. The number of benzene rings is 1. The zero-order valence-corrected chi connectivity index (χ0v) is 17.1. The third-order valence-electron chi connectivity index (χ3n) is 4.42. The van der Waals surface area contributed by atoms with Gasteiger partial charge in [0.15, 0.2) is 0 Å². The fourth-order valence-corrected chi connectivity index (χ4v) is 3.84. The van der Waals surface area contributed by atoms with Crippen molar-refractivity contribution in [3.8, 4) is 5.75 Å². The van der Waals surface area contributed by atoms with Crippen LogP contribution in [0.15, 0.2) is 41.4 Å². The first-order chi connectivity index (χ1) is 13.6. The maximum Gasteiger partial charge on any atom is 0.278 e. The molecule has 0 aliphatic carbocycles. The molecule has 2 aromatic rings. The summed E-state index contributed by atoms with van der Waals surface area (Å²) in [6.45, 7) is 5.32. The second kappa shape index (κ2) is 9.03. The summed E-state index contributed by atoms with van der Waals surface area (Å²) in [7, 11) is 1.58. The van der Waals surface area contributed by atoms with Crippen molar-refractivity contribution in [3.63, 3.8) is 0 Å². The van der Waals surface area contributed by atoms with Crippen molar-refractivity contribution in [3.05, 3.63) is 51.8 Å². The summed E-state index contributed by atoms with van der Waals surface area (Å²) >= 11 is 1.43. The van der Waals surface area contributed by atoms with Gasteiger partial charge in [0.2, 0.25) is 0 Å². The van der Waals surface area contributed by atoms with E-state index in [0.29, 0.717) is 43.2 Å². The van der Waals surface area contributed by atoms with Crippen LogP contribution in [0, 0.1) is 6.92 Å². The fraction of sp³-hybridized carbons (Fsp3) is 0.333. The molecule has 0 fully saturated rings. The number of nitrogens with zero attached hydrogens (tertiary/aromatic N) is 1. The minimum absolute atomic E-state index is 0.280. The molecule has 1 aromatic heterocycles. The van der Waals surface area contributed by atoms with Crippen LogP contribution in [0.1, 0.15) is 23.8 Å². The lowest BCUT2D eigenvalue weighted by atomic mass is 10.1. The van der Waals surface area contributed by atoms with E-state index in [1.54, 1.807) is 7.11 Å². The SMILES string of the molecule is CCOCCCN1C(=O)C(Nc2cc(C)ccc2OC)=C(c2cccs2)C1=O. The maximum absolute atomic E-state index is 13.1. The second-order valence-corrected chi connectivity index (χ2v) is 7.32. The Balaban J connectivity index is 1.94. The molecule has 0 spiro atoms. The Hall–Kier alpha value is -2.64. The highest BCUT2D eigenvalue weighted by Gasteiger charge is 2.39. The Morgan fingerprint density at radius 3 is 2.68 bits per heavy atom. The highest BCUT2D eigenvalue weighted by Crippen LogP contribution is 2.35. The van der Waals surface area contributed by atoms with E-state index in [2.05, 4.69) is 5.32 Å². The predicted molar refractivity (Wildman–Crippen MR) is 110 cm³/mol. The fourth-order valence-electron chi connectivity index (χ4n) is 3.07. The van der Waals surface area contributed by atoms with Gasteiger partial charge in [0.1, 0.15) is 11.4 Å². The van der Waals surface area contributed by atoms with Crippen molar-refractivity contribution in [2.45, 2.75) is 20.3 Å². The lowest BCUT2D eigenvalue weighted by molar-refractivity contribution is -0.137. The van der Waals surface area contributed by atoms with Crippen LogP contribution in [0.3, 0.4) is 0 Å². The van der Waals surface area contributed by atoms with Gasteiger partial charge in [-0.1, -0.05) is 12.1 Å². The molecule has 0 radical (unpaired) electrons. The molecule has 0 bridgehead atoms. The number of carbonyl (C=O) groups is 2. The summed E-state index contributed by atoms with van der Waals surface area (Å²) in [6, 6.07) is 9.38. The van der Waals surface area contributed by atoms with Crippen molar-refractivity contribution in [2.24, 2.45) is 0 Å². The molecule has 3 rings (SSSR count). The second-order valence-electron chi connectivity index (χ2n) is 6.37. The summed E-state index contributed by atoms with van der Waals surface area (Å²) in [5.74, 6) is 0.00482. The summed E-state index contributed by atoms with van der Waals surface area (Å²) in [5, 5.41) is 5.06. The molecule has 1 aromatic carbocycles. The van der Waals surface area contributed by atoms with E-state index in [9.17, 15) is 9.59 Å². The molecule has 1 N–H and O–H groups in total. The quantitative estimate of drug-likeness (QED) is 0.514. The molecule has 2 heterocycles. The van der Waals surface area contributed by atoms with Gasteiger partial charge in [0, 0.05) is 24.6 Å². The molecule has 0 unspecified atom stereocenters. The van der Waals surface area contributed by atoms with Crippen LogP contribution in [-0.2, 0) is 14.3 Å². The minimum Gasteiger partial charge on any atom is -0.495 e. The molecule has 2 amide bonds. The summed E-state index contributed by atoms with van der Waals surface area (Å²) in [6.07, 6.45) is 0.601. The first-order valence-corrected chi connectivity index (χ1v) is 10.1. The van der Waals surface area contributed by atoms with Gasteiger partial charge in [-0.05, 0) is 49.4 Å². The Morgan fingerprint density at radius 2 is 2.00 bits per heavy atom. The summed E-state index contributed by atoms with van der Waals surface area (Å²) in [5.41, 5.74) is 2.36. The Labute approximate surface area is 168 Å². The molecular weight excluding hydrogens is 376 g/mol. The Bertz CT molecular complexity index is 890. The average molecular weight is 401 g/mol. The van der Waals surface area contributed by atoms with E-state index in [0.717, 1.165) is 10.4 Å². The molecular formula is C21H24N2O4S. The van der Waals surface area contributed by atoms with Crippen molar-refractivity contribution < 1.29 is 19.1 Å². The van der Waals surface area contributed by atoms with E-state index in [4.69, 9.17) is 9.47 Å². The van der Waals surface area contributed by atoms with Crippen molar-refractivity contribution >= 4 is 34.4 Å². The number of imide groups is 1. The number of amides is 2. The van der Waals surface area contributed by atoms with Crippen LogP contribution in [0.5, 0.6) is 5.75 Å². The van der Waals surface area contributed by atoms with E-state index in [1.807, 2.05) is 49.6 Å². The largest absolute Gasteiger partial charge is 0.495 e. The number of methoxy groups -OCH3 is 1. The van der Waals surface area contributed by atoms with E-state index in [-0.39, 0.29) is 17.5 Å². The number of hydrogen-bond donors (Lipinski definition) is 1. The Morgan fingerprint density at radius 1 is 1.18 bits per heavy atom. The van der Waals surface area contributed by atoms with Crippen molar-refractivity contribution in [1.29, 1.82) is 0 Å². The van der Waals surface area contributed by atoms with Crippen LogP contribution in [0.25, 0.3) is 5.57 Å². The summed E-state index contributed by atoms with van der Waals surface area (Å²) in [4.78, 5) is 28.2. The maximum atomic E-state index is 13.1. The Kier molecular flexibility index (Phi) is 6.49. The first kappa shape index (κ1) is 20.1. The number of anilines is 1. The number of nitrogens with one attached hydrogen (secondary N) is 1. The molecule has 0 saturated heterocycles. The van der Waals surface area contributed by atoms with Crippen molar-refractivity contribution in [2.75, 3.05) is 32.2 Å². The topological polar surface area (TPSA) is 67.9 Å². The monoisotopic (exact) mass is 400 g/mol. The molecule has 0 saturated carbocycles. The van der Waals surface area contributed by atoms with Gasteiger partial charge >= 0.3 is 0 Å². The zero-order chi connectivity index (χ0) is 20.1. The third-order valence-corrected chi connectivity index (χ3v) is 5.31. The summed E-state index contributed by atoms with van der Waals surface area (Å²) < 4.78 is 10.7. The van der Waals surface area contributed by atoms with E-state index in [1.165, 1.54) is 16.2 Å². The molecule has 28 heavy (non-hydrogen) atoms. The van der Waals surface area contributed by atoms with E-state index >= 15 is 0 Å².